The van der Waals surface area contributed by atoms with Crippen molar-refractivity contribution in [3.63, 3.8) is 0 Å². The Balaban J connectivity index is 1.74. The topological polar surface area (TPSA) is 48.1 Å². The van der Waals surface area contributed by atoms with Crippen LogP contribution in [-0.4, -0.2) is 17.1 Å². The van der Waals surface area contributed by atoms with Gasteiger partial charge in [-0.15, -0.1) is 0 Å². The summed E-state index contributed by atoms with van der Waals surface area (Å²) >= 11 is 0. The molecule has 0 bridgehead atoms. The third-order valence-electron chi connectivity index (χ3n) is 4.10. The van der Waals surface area contributed by atoms with Gasteiger partial charge < -0.3 is 10.5 Å². The average molecular weight is 256 g/mol. The summed E-state index contributed by atoms with van der Waals surface area (Å²) in [5.74, 6) is 0. The van der Waals surface area contributed by atoms with E-state index in [-0.39, 0.29) is 5.60 Å². The fourth-order valence-corrected chi connectivity index (χ4v) is 2.88. The number of benzene rings is 1. The van der Waals surface area contributed by atoms with Gasteiger partial charge in [-0.25, -0.2) is 0 Å². The molecule has 1 aromatic carbocycles. The lowest BCUT2D eigenvalue weighted by molar-refractivity contribution is -0.0448. The molecule has 1 aliphatic rings. The largest absolute Gasteiger partial charge is 0.369 e. The van der Waals surface area contributed by atoms with Crippen molar-refractivity contribution in [2.75, 3.05) is 6.54 Å². The van der Waals surface area contributed by atoms with Gasteiger partial charge in [0.1, 0.15) is 0 Å². The van der Waals surface area contributed by atoms with E-state index in [4.69, 9.17) is 10.5 Å². The van der Waals surface area contributed by atoms with E-state index in [0.717, 1.165) is 23.7 Å². The standard InChI is InChI=1S/C16H20N2O/c17-12-16(7-1-2-8-16)19-11-13-5-6-15-14(10-13)4-3-9-18-15/h3-6,9-10H,1-2,7-8,11-12,17H2. The summed E-state index contributed by atoms with van der Waals surface area (Å²) in [6.45, 7) is 1.27. The van der Waals surface area contributed by atoms with Crippen molar-refractivity contribution >= 4 is 10.9 Å². The van der Waals surface area contributed by atoms with Gasteiger partial charge in [0, 0.05) is 18.1 Å². The molecule has 3 heteroatoms. The van der Waals surface area contributed by atoms with Crippen molar-refractivity contribution in [1.82, 2.24) is 4.98 Å². The first-order valence-corrected chi connectivity index (χ1v) is 6.99. The van der Waals surface area contributed by atoms with Crippen LogP contribution in [0.2, 0.25) is 0 Å². The van der Waals surface area contributed by atoms with E-state index in [0.29, 0.717) is 13.2 Å². The van der Waals surface area contributed by atoms with Gasteiger partial charge in [0.05, 0.1) is 17.7 Å². The fraction of sp³-hybridized carbons (Fsp3) is 0.438. The van der Waals surface area contributed by atoms with E-state index in [9.17, 15) is 0 Å². The van der Waals surface area contributed by atoms with E-state index in [2.05, 4.69) is 29.2 Å². The molecule has 2 N–H and O–H groups in total. The summed E-state index contributed by atoms with van der Waals surface area (Å²) in [7, 11) is 0. The average Bonchev–Trinajstić information content (AvgIpc) is 2.94. The van der Waals surface area contributed by atoms with Gasteiger partial charge in [0.25, 0.3) is 0 Å². The Morgan fingerprint density at radius 1 is 1.21 bits per heavy atom. The number of nitrogens with zero attached hydrogens (tertiary/aromatic N) is 1. The number of aromatic nitrogens is 1. The zero-order valence-corrected chi connectivity index (χ0v) is 11.1. The highest BCUT2D eigenvalue weighted by Crippen LogP contribution is 2.33. The minimum atomic E-state index is -0.0795. The smallest absolute Gasteiger partial charge is 0.0808 e. The highest BCUT2D eigenvalue weighted by Gasteiger charge is 2.33. The Bertz CT molecular complexity index is 561. The summed E-state index contributed by atoms with van der Waals surface area (Å²) < 4.78 is 6.13. The van der Waals surface area contributed by atoms with Crippen LogP contribution in [0.15, 0.2) is 36.5 Å². The van der Waals surface area contributed by atoms with Crippen molar-refractivity contribution in [1.29, 1.82) is 0 Å². The molecule has 100 valence electrons. The van der Waals surface area contributed by atoms with Gasteiger partial charge in [-0.2, -0.15) is 0 Å². The first-order valence-electron chi connectivity index (χ1n) is 6.99. The van der Waals surface area contributed by atoms with Gasteiger partial charge in [0.2, 0.25) is 0 Å². The van der Waals surface area contributed by atoms with Crippen molar-refractivity contribution in [3.8, 4) is 0 Å². The minimum absolute atomic E-state index is 0.0795. The number of hydrogen-bond donors (Lipinski definition) is 1. The Morgan fingerprint density at radius 3 is 2.84 bits per heavy atom. The van der Waals surface area contributed by atoms with Gasteiger partial charge >= 0.3 is 0 Å². The number of rotatable bonds is 4. The molecule has 0 aliphatic heterocycles. The molecule has 0 atom stereocenters. The van der Waals surface area contributed by atoms with Crippen LogP contribution in [0, 0.1) is 0 Å². The normalized spacial score (nSPS) is 17.9. The van der Waals surface area contributed by atoms with E-state index in [1.54, 1.807) is 0 Å². The zero-order valence-electron chi connectivity index (χ0n) is 11.1. The molecular formula is C16H20N2O. The molecule has 1 aromatic heterocycles. The first kappa shape index (κ1) is 12.6. The van der Waals surface area contributed by atoms with Crippen molar-refractivity contribution < 1.29 is 4.74 Å². The lowest BCUT2D eigenvalue weighted by Crippen LogP contribution is -2.37. The number of nitrogens with two attached hydrogens (primary N) is 1. The van der Waals surface area contributed by atoms with Crippen molar-refractivity contribution in [2.24, 2.45) is 5.73 Å². The second-order valence-electron chi connectivity index (χ2n) is 5.41. The lowest BCUT2D eigenvalue weighted by Gasteiger charge is -2.27. The van der Waals surface area contributed by atoms with Crippen molar-refractivity contribution in [2.45, 2.75) is 37.9 Å². The molecule has 1 heterocycles. The number of pyridine rings is 1. The minimum Gasteiger partial charge on any atom is -0.369 e. The Hall–Kier alpha value is -1.45. The van der Waals surface area contributed by atoms with E-state index in [1.807, 2.05) is 12.3 Å². The highest BCUT2D eigenvalue weighted by molar-refractivity contribution is 5.78. The molecule has 0 saturated heterocycles. The monoisotopic (exact) mass is 256 g/mol. The summed E-state index contributed by atoms with van der Waals surface area (Å²) in [6.07, 6.45) is 6.48. The molecule has 19 heavy (non-hydrogen) atoms. The molecule has 2 aromatic rings. The van der Waals surface area contributed by atoms with Crippen LogP contribution in [0.3, 0.4) is 0 Å². The first-order chi connectivity index (χ1) is 9.31. The second-order valence-corrected chi connectivity index (χ2v) is 5.41. The summed E-state index contributed by atoms with van der Waals surface area (Å²) in [5.41, 5.74) is 8.03. The number of hydrogen-bond acceptors (Lipinski definition) is 3. The molecule has 0 unspecified atom stereocenters. The Kier molecular flexibility index (Phi) is 3.49. The fourth-order valence-electron chi connectivity index (χ4n) is 2.88. The molecule has 0 amide bonds. The Labute approximate surface area is 113 Å². The van der Waals surface area contributed by atoms with Crippen LogP contribution in [0.1, 0.15) is 31.2 Å². The third-order valence-corrected chi connectivity index (χ3v) is 4.10. The SMILES string of the molecule is NCC1(OCc2ccc3ncccc3c2)CCCC1. The van der Waals surface area contributed by atoms with Gasteiger partial charge in [-0.05, 0) is 36.6 Å². The quantitative estimate of drug-likeness (QED) is 0.914. The summed E-state index contributed by atoms with van der Waals surface area (Å²) in [5, 5.41) is 1.16. The van der Waals surface area contributed by atoms with Crippen LogP contribution >= 0.6 is 0 Å². The molecular weight excluding hydrogens is 236 g/mol. The third kappa shape index (κ3) is 2.62. The molecule has 3 nitrogen and oxygen atoms in total. The number of fused-ring (bicyclic) bond motifs is 1. The predicted octanol–water partition coefficient (Wildman–Crippen LogP) is 3.02. The highest BCUT2D eigenvalue weighted by atomic mass is 16.5. The van der Waals surface area contributed by atoms with Crippen LogP contribution in [-0.2, 0) is 11.3 Å². The maximum atomic E-state index is 6.13. The van der Waals surface area contributed by atoms with Crippen LogP contribution in [0.25, 0.3) is 10.9 Å². The predicted molar refractivity (Wildman–Crippen MR) is 76.8 cm³/mol. The molecule has 0 spiro atoms. The summed E-state index contributed by atoms with van der Waals surface area (Å²) in [6, 6.07) is 10.3. The zero-order chi connectivity index (χ0) is 13.1. The number of ether oxygens (including phenoxy) is 1. The van der Waals surface area contributed by atoms with Crippen LogP contribution < -0.4 is 5.73 Å². The van der Waals surface area contributed by atoms with E-state index < -0.39 is 0 Å². The lowest BCUT2D eigenvalue weighted by atomic mass is 10.0. The van der Waals surface area contributed by atoms with Crippen LogP contribution in [0.5, 0.6) is 0 Å². The summed E-state index contributed by atoms with van der Waals surface area (Å²) in [4.78, 5) is 4.33. The molecule has 3 rings (SSSR count). The maximum Gasteiger partial charge on any atom is 0.0808 e. The Morgan fingerprint density at radius 2 is 2.05 bits per heavy atom. The van der Waals surface area contributed by atoms with Gasteiger partial charge in [0.15, 0.2) is 0 Å². The van der Waals surface area contributed by atoms with E-state index in [1.165, 1.54) is 18.4 Å². The van der Waals surface area contributed by atoms with Crippen molar-refractivity contribution in [3.05, 3.63) is 42.1 Å². The molecule has 0 radical (unpaired) electrons. The van der Waals surface area contributed by atoms with Gasteiger partial charge in [-0.1, -0.05) is 25.0 Å². The molecule has 1 aliphatic carbocycles. The van der Waals surface area contributed by atoms with Crippen LogP contribution in [0.4, 0.5) is 0 Å². The van der Waals surface area contributed by atoms with Gasteiger partial charge in [-0.3, -0.25) is 4.98 Å². The molecule has 1 fully saturated rings. The van der Waals surface area contributed by atoms with E-state index >= 15 is 0 Å². The second kappa shape index (κ2) is 5.27. The molecule has 1 saturated carbocycles. The maximum absolute atomic E-state index is 6.13.